The zero-order valence-electron chi connectivity index (χ0n) is 14.1. The molecular formula is C16H24BNO4. The van der Waals surface area contributed by atoms with E-state index < -0.39 is 18.5 Å². The van der Waals surface area contributed by atoms with Crippen LogP contribution in [-0.2, 0) is 9.59 Å². The van der Waals surface area contributed by atoms with E-state index in [0.29, 0.717) is 0 Å². The Morgan fingerprint density at radius 3 is 1.59 bits per heavy atom. The molecule has 0 spiro atoms. The quantitative estimate of drug-likeness (QED) is 0.788. The van der Waals surface area contributed by atoms with Gasteiger partial charge in [-0.15, -0.1) is 0 Å². The molecule has 0 aromatic heterocycles. The van der Waals surface area contributed by atoms with Crippen LogP contribution in [0.15, 0.2) is 18.2 Å². The number of carbonyl (C=O) groups is 2. The second-order valence-electron chi connectivity index (χ2n) is 7.32. The fraction of sp³-hybridized carbons (Fsp3) is 0.500. The Hall–Kier alpha value is -1.66. The maximum absolute atomic E-state index is 12.6. The summed E-state index contributed by atoms with van der Waals surface area (Å²) in [5.74, 6) is -0.303. The van der Waals surface area contributed by atoms with Crippen molar-refractivity contribution in [2.24, 2.45) is 10.8 Å². The summed E-state index contributed by atoms with van der Waals surface area (Å²) in [5.41, 5.74) is 1.72. The van der Waals surface area contributed by atoms with Gasteiger partial charge in [0.25, 0.3) is 0 Å². The first-order chi connectivity index (χ1) is 9.95. The Labute approximate surface area is 132 Å². The van der Waals surface area contributed by atoms with Crippen molar-refractivity contribution in [3.8, 4) is 11.1 Å². The van der Waals surface area contributed by atoms with E-state index in [-0.39, 0.29) is 11.8 Å². The Morgan fingerprint density at radius 1 is 0.955 bits per heavy atom. The van der Waals surface area contributed by atoms with E-state index in [9.17, 15) is 9.59 Å². The van der Waals surface area contributed by atoms with Crippen LogP contribution >= 0.6 is 0 Å². The molecule has 0 heterocycles. The van der Waals surface area contributed by atoms with Gasteiger partial charge in [0.05, 0.1) is 5.69 Å². The smallest absolute Gasteiger partial charge is 0.430 e. The summed E-state index contributed by atoms with van der Waals surface area (Å²) in [4.78, 5) is 26.6. The van der Waals surface area contributed by atoms with E-state index in [1.165, 1.54) is 4.90 Å². The van der Waals surface area contributed by atoms with Crippen LogP contribution in [0.2, 0.25) is 0 Å². The van der Waals surface area contributed by atoms with Gasteiger partial charge in [-0.3, -0.25) is 9.59 Å². The molecule has 2 rings (SSSR count). The van der Waals surface area contributed by atoms with Gasteiger partial charge in [-0.25, -0.2) is 4.90 Å². The van der Waals surface area contributed by atoms with Gasteiger partial charge in [0.2, 0.25) is 11.8 Å². The number of benzene rings is 1. The predicted molar refractivity (Wildman–Crippen MR) is 88.4 cm³/mol. The van der Waals surface area contributed by atoms with Crippen molar-refractivity contribution < 1.29 is 19.6 Å². The largest absolute Gasteiger partial charge is 0.432 e. The van der Waals surface area contributed by atoms with Gasteiger partial charge in [-0.05, 0) is 17.7 Å². The van der Waals surface area contributed by atoms with Crippen LogP contribution in [0.4, 0.5) is 5.69 Å². The van der Waals surface area contributed by atoms with Gasteiger partial charge in [0, 0.05) is 16.4 Å². The van der Waals surface area contributed by atoms with Crippen molar-refractivity contribution in [2.45, 2.75) is 41.5 Å². The molecule has 0 saturated heterocycles. The van der Waals surface area contributed by atoms with Crippen LogP contribution in [0.3, 0.4) is 0 Å². The van der Waals surface area contributed by atoms with Crippen molar-refractivity contribution in [3.63, 3.8) is 0 Å². The van der Waals surface area contributed by atoms with E-state index >= 15 is 0 Å². The Morgan fingerprint density at radius 2 is 1.36 bits per heavy atom. The number of hydrogen-bond acceptors (Lipinski definition) is 4. The summed E-state index contributed by atoms with van der Waals surface area (Å²) < 4.78 is 0. The van der Waals surface area contributed by atoms with Crippen molar-refractivity contribution in [3.05, 3.63) is 18.2 Å². The number of carbonyl (C=O) groups excluding carboxylic acids is 2. The molecule has 0 aromatic carbocycles. The fourth-order valence-corrected chi connectivity index (χ4v) is 1.91. The Bertz CT molecular complexity index is 559. The highest BCUT2D eigenvalue weighted by Gasteiger charge is 2.40. The monoisotopic (exact) mass is 305 g/mol. The highest BCUT2D eigenvalue weighted by Crippen LogP contribution is 2.45. The number of anilines is 1. The van der Waals surface area contributed by atoms with Gasteiger partial charge in [0.1, 0.15) is 0 Å². The maximum Gasteiger partial charge on any atom is 0.432 e. The van der Waals surface area contributed by atoms with Crippen LogP contribution in [0.5, 0.6) is 0 Å². The summed E-state index contributed by atoms with van der Waals surface area (Å²) in [6.45, 7) is 11.0. The standard InChI is InChI=1S/C16H21NO2.BH3O2/c1-15(2,3)13(18)17(14(19)16(4,5)6)12-8-7-10-9-11(10)12;2-1-3/h7-9H,1-6H3;1-3H. The molecule has 2 amide bonds. The number of nitrogens with zero attached hydrogens (tertiary/aromatic N) is 1. The summed E-state index contributed by atoms with van der Waals surface area (Å²) >= 11 is 0. The van der Waals surface area contributed by atoms with E-state index in [1.54, 1.807) is 0 Å². The topological polar surface area (TPSA) is 77.8 Å². The van der Waals surface area contributed by atoms with Crippen LogP contribution in [-0.4, -0.2) is 29.5 Å². The number of fused-ring (bicyclic) bond motifs is 1. The van der Waals surface area contributed by atoms with Gasteiger partial charge < -0.3 is 10.0 Å². The van der Waals surface area contributed by atoms with E-state index in [1.807, 2.05) is 59.7 Å². The van der Waals surface area contributed by atoms with Crippen LogP contribution < -0.4 is 4.90 Å². The molecule has 0 bridgehead atoms. The lowest BCUT2D eigenvalue weighted by atomic mass is 9.90. The SMILES string of the molecule is CC(C)(C)C(=O)N(C(=O)C(C)(C)C)c1ccc2cc1-2.OBO. The van der Waals surface area contributed by atoms with Crippen LogP contribution in [0, 0.1) is 10.8 Å². The molecule has 0 aliphatic heterocycles. The molecule has 0 aromatic rings. The lowest BCUT2D eigenvalue weighted by molar-refractivity contribution is -0.134. The third kappa shape index (κ3) is 3.96. The Kier molecular flexibility index (Phi) is 5.20. The molecular weight excluding hydrogens is 281 g/mol. The first kappa shape index (κ1) is 18.4. The molecule has 0 fully saturated rings. The predicted octanol–water partition coefficient (Wildman–Crippen LogP) is 1.86. The molecule has 120 valence electrons. The highest BCUT2D eigenvalue weighted by molar-refractivity contribution is 6.21. The number of imide groups is 1. The maximum atomic E-state index is 12.6. The van der Waals surface area contributed by atoms with Gasteiger partial charge >= 0.3 is 7.69 Å². The van der Waals surface area contributed by atoms with E-state index in [4.69, 9.17) is 10.0 Å². The average Bonchev–Trinajstić information content (AvgIpc) is 3.02. The molecule has 22 heavy (non-hydrogen) atoms. The molecule has 2 N–H and O–H groups in total. The number of amides is 2. The van der Waals surface area contributed by atoms with Crippen molar-refractivity contribution in [2.75, 3.05) is 4.90 Å². The highest BCUT2D eigenvalue weighted by atomic mass is 16.4. The van der Waals surface area contributed by atoms with E-state index in [2.05, 4.69) is 0 Å². The van der Waals surface area contributed by atoms with Gasteiger partial charge in [0.15, 0.2) is 0 Å². The molecule has 0 saturated carbocycles. The molecule has 0 atom stereocenters. The molecule has 0 unspecified atom stereocenters. The average molecular weight is 305 g/mol. The minimum Gasteiger partial charge on any atom is -0.430 e. The van der Waals surface area contributed by atoms with E-state index in [0.717, 1.165) is 16.8 Å². The second kappa shape index (κ2) is 6.22. The minimum absolute atomic E-state index is 0.152. The molecule has 5 nitrogen and oxygen atoms in total. The zero-order chi connectivity index (χ0) is 17.3. The Balaban J connectivity index is 0.000000745. The number of hydrogen-bond donors (Lipinski definition) is 2. The van der Waals surface area contributed by atoms with Crippen molar-refractivity contribution >= 4 is 25.2 Å². The summed E-state index contributed by atoms with van der Waals surface area (Å²) in [7, 11) is -0.750. The third-order valence-electron chi connectivity index (χ3n) is 3.15. The molecule has 6 heteroatoms. The summed E-state index contributed by atoms with van der Waals surface area (Å²) in [5, 5.41) is 14.2. The first-order valence-electron chi connectivity index (χ1n) is 7.20. The lowest BCUT2D eigenvalue weighted by Crippen LogP contribution is -2.48. The summed E-state index contributed by atoms with van der Waals surface area (Å²) in [6.07, 6.45) is 0. The normalized spacial score (nSPS) is 12.0. The van der Waals surface area contributed by atoms with Crippen molar-refractivity contribution in [1.29, 1.82) is 0 Å². The molecule has 2 aliphatic rings. The summed E-state index contributed by atoms with van der Waals surface area (Å²) in [6, 6.07) is 5.80. The minimum atomic E-state index is -0.750. The zero-order valence-corrected chi connectivity index (χ0v) is 14.1. The fourth-order valence-electron chi connectivity index (χ4n) is 1.91. The first-order valence-corrected chi connectivity index (χ1v) is 7.20. The number of rotatable bonds is 1. The molecule has 2 aliphatic carbocycles. The van der Waals surface area contributed by atoms with Crippen LogP contribution in [0.1, 0.15) is 41.5 Å². The third-order valence-corrected chi connectivity index (χ3v) is 3.15. The lowest BCUT2D eigenvalue weighted by Gasteiger charge is -2.32. The van der Waals surface area contributed by atoms with Gasteiger partial charge in [-0.2, -0.15) is 0 Å². The van der Waals surface area contributed by atoms with Crippen LogP contribution in [0.25, 0.3) is 11.1 Å². The van der Waals surface area contributed by atoms with Crippen molar-refractivity contribution in [1.82, 2.24) is 0 Å². The second-order valence-corrected chi connectivity index (χ2v) is 7.32. The van der Waals surface area contributed by atoms with Gasteiger partial charge in [-0.1, -0.05) is 47.6 Å². The molecule has 0 radical (unpaired) electrons.